The molecule has 0 radical (unpaired) electrons. The number of hydrogen-bond donors (Lipinski definition) is 2. The minimum atomic E-state index is -0.830. The topological polar surface area (TPSA) is 40.5 Å². The normalized spacial score (nSPS) is 44.0. The Labute approximate surface area is 137 Å². The number of aliphatic hydroxyl groups is 2. The molecule has 2 heteroatoms. The van der Waals surface area contributed by atoms with Gasteiger partial charge in [0.2, 0.25) is 0 Å². The smallest absolute Gasteiger partial charge is 0.0797 e. The van der Waals surface area contributed by atoms with Crippen LogP contribution in [0.15, 0.2) is 12.7 Å². The zero-order valence-electron chi connectivity index (χ0n) is 15.3. The van der Waals surface area contributed by atoms with E-state index in [2.05, 4.69) is 27.4 Å². The Bertz CT molecular complexity index is 421. The van der Waals surface area contributed by atoms with Gasteiger partial charge in [-0.1, -0.05) is 33.3 Å². The lowest BCUT2D eigenvalue weighted by Gasteiger charge is -2.61. The number of fused-ring (bicyclic) bond motifs is 1. The Hall–Kier alpha value is -0.340. The molecule has 128 valence electrons. The molecule has 0 aromatic heterocycles. The number of rotatable bonds is 4. The third-order valence-corrected chi connectivity index (χ3v) is 7.14. The van der Waals surface area contributed by atoms with Gasteiger partial charge in [0.25, 0.3) is 0 Å². The van der Waals surface area contributed by atoms with E-state index >= 15 is 0 Å². The molecule has 2 rings (SSSR count). The molecule has 2 N–H and O–H groups in total. The second kappa shape index (κ2) is 5.63. The number of hydrogen-bond acceptors (Lipinski definition) is 2. The van der Waals surface area contributed by atoms with Crippen LogP contribution in [0.3, 0.4) is 0 Å². The van der Waals surface area contributed by atoms with Crippen molar-refractivity contribution in [3.63, 3.8) is 0 Å². The third kappa shape index (κ3) is 3.14. The summed E-state index contributed by atoms with van der Waals surface area (Å²) in [7, 11) is 0. The lowest BCUT2D eigenvalue weighted by molar-refractivity contribution is -0.171. The first-order valence-electron chi connectivity index (χ1n) is 9.03. The molecule has 0 aromatic rings. The Balaban J connectivity index is 2.28. The van der Waals surface area contributed by atoms with E-state index in [1.807, 2.05) is 13.8 Å². The highest BCUT2D eigenvalue weighted by molar-refractivity contribution is 5.08. The van der Waals surface area contributed by atoms with Crippen LogP contribution >= 0.6 is 0 Å². The average Bonchev–Trinajstić information content (AvgIpc) is 2.35. The SMILES string of the molecule is C=C[C@](C)(O)CCC1[C@@]2(C)CCCC(C)(C)C2CC[C@@]1(C)O. The van der Waals surface area contributed by atoms with Gasteiger partial charge in [-0.05, 0) is 75.0 Å². The van der Waals surface area contributed by atoms with Crippen LogP contribution in [0.1, 0.15) is 79.6 Å². The zero-order valence-corrected chi connectivity index (χ0v) is 15.3. The van der Waals surface area contributed by atoms with Crippen LogP contribution in [0.25, 0.3) is 0 Å². The first-order valence-corrected chi connectivity index (χ1v) is 9.03. The monoisotopic (exact) mass is 308 g/mol. The molecule has 0 saturated heterocycles. The summed E-state index contributed by atoms with van der Waals surface area (Å²) in [5.74, 6) is 0.928. The molecular formula is C20H36O2. The summed E-state index contributed by atoms with van der Waals surface area (Å²) in [6.45, 7) is 14.8. The Morgan fingerprint density at radius 2 is 1.82 bits per heavy atom. The highest BCUT2D eigenvalue weighted by Crippen LogP contribution is 2.63. The van der Waals surface area contributed by atoms with Crippen molar-refractivity contribution in [1.82, 2.24) is 0 Å². The van der Waals surface area contributed by atoms with E-state index in [0.717, 1.165) is 19.3 Å². The van der Waals surface area contributed by atoms with Crippen molar-refractivity contribution < 1.29 is 10.2 Å². The van der Waals surface area contributed by atoms with Gasteiger partial charge >= 0.3 is 0 Å². The van der Waals surface area contributed by atoms with E-state index in [0.29, 0.717) is 17.8 Å². The van der Waals surface area contributed by atoms with Crippen LogP contribution < -0.4 is 0 Å². The predicted molar refractivity (Wildman–Crippen MR) is 92.6 cm³/mol. The molecule has 22 heavy (non-hydrogen) atoms. The van der Waals surface area contributed by atoms with Gasteiger partial charge in [0.05, 0.1) is 11.2 Å². The fourth-order valence-corrected chi connectivity index (χ4v) is 5.80. The fraction of sp³-hybridized carbons (Fsp3) is 0.900. The second-order valence-corrected chi connectivity index (χ2v) is 9.45. The summed E-state index contributed by atoms with van der Waals surface area (Å²) in [6, 6.07) is 0. The zero-order chi connectivity index (χ0) is 16.8. The van der Waals surface area contributed by atoms with E-state index in [1.54, 1.807) is 6.08 Å². The van der Waals surface area contributed by atoms with Gasteiger partial charge in [0.1, 0.15) is 0 Å². The Morgan fingerprint density at radius 1 is 1.18 bits per heavy atom. The molecular weight excluding hydrogens is 272 g/mol. The van der Waals surface area contributed by atoms with Crippen LogP contribution in [0.4, 0.5) is 0 Å². The molecule has 0 aliphatic heterocycles. The van der Waals surface area contributed by atoms with E-state index < -0.39 is 11.2 Å². The van der Waals surface area contributed by atoms with Crippen molar-refractivity contribution in [2.24, 2.45) is 22.7 Å². The third-order valence-electron chi connectivity index (χ3n) is 7.14. The highest BCUT2D eigenvalue weighted by Gasteiger charge is 2.57. The molecule has 0 bridgehead atoms. The van der Waals surface area contributed by atoms with Crippen molar-refractivity contribution >= 4 is 0 Å². The van der Waals surface area contributed by atoms with E-state index in [9.17, 15) is 10.2 Å². The molecule has 0 amide bonds. The summed E-state index contributed by atoms with van der Waals surface area (Å²) in [4.78, 5) is 0. The van der Waals surface area contributed by atoms with Gasteiger partial charge in [-0.15, -0.1) is 6.58 Å². The summed E-state index contributed by atoms with van der Waals surface area (Å²) < 4.78 is 0. The molecule has 0 aromatic carbocycles. The van der Waals surface area contributed by atoms with Gasteiger partial charge in [-0.3, -0.25) is 0 Å². The standard InChI is InChI=1S/C20H36O2/c1-7-18(4,21)13-9-16-19(5)12-8-11-17(2,3)15(19)10-14-20(16,6)22/h7,15-16,21-22H,1,8-14H2,2-6H3/t15?,16?,18-,19-,20+/m0/s1. The summed E-state index contributed by atoms with van der Waals surface area (Å²) >= 11 is 0. The molecule has 0 spiro atoms. The van der Waals surface area contributed by atoms with Crippen LogP contribution in [-0.2, 0) is 0 Å². The highest BCUT2D eigenvalue weighted by atomic mass is 16.3. The molecule has 0 heterocycles. The average molecular weight is 309 g/mol. The van der Waals surface area contributed by atoms with Gasteiger partial charge < -0.3 is 10.2 Å². The van der Waals surface area contributed by atoms with Gasteiger partial charge in [0, 0.05) is 0 Å². The largest absolute Gasteiger partial charge is 0.390 e. The minimum absolute atomic E-state index is 0.181. The second-order valence-electron chi connectivity index (χ2n) is 9.45. The van der Waals surface area contributed by atoms with E-state index in [4.69, 9.17) is 0 Å². The van der Waals surface area contributed by atoms with Gasteiger partial charge in [-0.25, -0.2) is 0 Å². The van der Waals surface area contributed by atoms with Crippen LogP contribution in [0, 0.1) is 22.7 Å². The predicted octanol–water partition coefficient (Wildman–Crippen LogP) is 4.70. The fourth-order valence-electron chi connectivity index (χ4n) is 5.80. The van der Waals surface area contributed by atoms with Crippen LogP contribution in [0.5, 0.6) is 0 Å². The molecule has 2 aliphatic rings. The Morgan fingerprint density at radius 3 is 2.41 bits per heavy atom. The van der Waals surface area contributed by atoms with Crippen molar-refractivity contribution in [3.8, 4) is 0 Å². The summed E-state index contributed by atoms with van der Waals surface area (Å²) in [6.07, 6.45) is 8.96. The quantitative estimate of drug-likeness (QED) is 0.739. The van der Waals surface area contributed by atoms with Crippen LogP contribution in [-0.4, -0.2) is 21.4 Å². The maximum absolute atomic E-state index is 11.1. The first kappa shape index (κ1) is 18.0. The Kier molecular flexibility index (Phi) is 4.61. The van der Waals surface area contributed by atoms with Crippen molar-refractivity contribution in [2.75, 3.05) is 0 Å². The molecule has 5 atom stereocenters. The lowest BCUT2D eigenvalue weighted by Crippen LogP contribution is -2.57. The van der Waals surface area contributed by atoms with Crippen molar-refractivity contribution in [3.05, 3.63) is 12.7 Å². The van der Waals surface area contributed by atoms with Gasteiger partial charge in [0.15, 0.2) is 0 Å². The first-order chi connectivity index (χ1) is 9.95. The van der Waals surface area contributed by atoms with E-state index in [-0.39, 0.29) is 11.3 Å². The van der Waals surface area contributed by atoms with Gasteiger partial charge in [-0.2, -0.15) is 0 Å². The molecule has 2 nitrogen and oxygen atoms in total. The van der Waals surface area contributed by atoms with E-state index in [1.165, 1.54) is 19.3 Å². The van der Waals surface area contributed by atoms with Crippen molar-refractivity contribution in [2.45, 2.75) is 90.8 Å². The van der Waals surface area contributed by atoms with Crippen LogP contribution in [0.2, 0.25) is 0 Å². The molecule has 2 fully saturated rings. The van der Waals surface area contributed by atoms with Crippen molar-refractivity contribution in [1.29, 1.82) is 0 Å². The minimum Gasteiger partial charge on any atom is -0.390 e. The lowest BCUT2D eigenvalue weighted by atomic mass is 9.45. The molecule has 2 unspecified atom stereocenters. The summed E-state index contributed by atoms with van der Waals surface area (Å²) in [5.41, 5.74) is -0.900. The molecule has 2 saturated carbocycles. The maximum Gasteiger partial charge on any atom is 0.0797 e. The summed E-state index contributed by atoms with van der Waals surface area (Å²) in [5, 5.41) is 21.4. The maximum atomic E-state index is 11.1. The molecule has 2 aliphatic carbocycles.